The average Bonchev–Trinajstić information content (AvgIpc) is 2.73. The van der Waals surface area contributed by atoms with Crippen molar-refractivity contribution in [1.82, 2.24) is 10.0 Å². The molecule has 0 saturated carbocycles. The first kappa shape index (κ1) is 26.4. The fourth-order valence-electron chi connectivity index (χ4n) is 2.42. The molecule has 0 spiro atoms. The van der Waals surface area contributed by atoms with Gasteiger partial charge < -0.3 is 19.5 Å². The van der Waals surface area contributed by atoms with E-state index in [1.807, 2.05) is 0 Å². The van der Waals surface area contributed by atoms with Gasteiger partial charge in [0.15, 0.2) is 6.61 Å². The third-order valence-corrected chi connectivity index (χ3v) is 5.56. The quantitative estimate of drug-likeness (QED) is 0.330. The van der Waals surface area contributed by atoms with Crippen LogP contribution in [-0.4, -0.2) is 59.2 Å². The summed E-state index contributed by atoms with van der Waals surface area (Å²) in [6.45, 7) is 4.95. The topological polar surface area (TPSA) is 137 Å². The number of benzene rings is 1. The Labute approximate surface area is 182 Å². The third kappa shape index (κ3) is 9.35. The number of rotatable bonds is 13. The highest BCUT2D eigenvalue weighted by Gasteiger charge is 2.30. The van der Waals surface area contributed by atoms with E-state index in [9.17, 15) is 22.8 Å². The van der Waals surface area contributed by atoms with E-state index >= 15 is 0 Å². The van der Waals surface area contributed by atoms with Gasteiger partial charge in [0, 0.05) is 13.0 Å². The lowest BCUT2D eigenvalue weighted by molar-refractivity contribution is -0.151. The molecule has 0 aliphatic rings. The lowest BCUT2D eigenvalue weighted by Gasteiger charge is -2.20. The van der Waals surface area contributed by atoms with Gasteiger partial charge in [-0.05, 0) is 43.5 Å². The molecular weight excluding hydrogens is 428 g/mol. The summed E-state index contributed by atoms with van der Waals surface area (Å²) in [5.41, 5.74) is 0. The number of hydrogen-bond donors (Lipinski definition) is 2. The highest BCUT2D eigenvalue weighted by molar-refractivity contribution is 7.89. The lowest BCUT2D eigenvalue weighted by Crippen LogP contribution is -2.46. The summed E-state index contributed by atoms with van der Waals surface area (Å²) < 4.78 is 42.2. The van der Waals surface area contributed by atoms with Crippen LogP contribution in [0.4, 0.5) is 0 Å². The molecule has 0 saturated heterocycles. The Balaban J connectivity index is 2.57. The van der Waals surface area contributed by atoms with Gasteiger partial charge in [-0.2, -0.15) is 4.72 Å². The van der Waals surface area contributed by atoms with Crippen molar-refractivity contribution in [3.63, 3.8) is 0 Å². The highest BCUT2D eigenvalue weighted by atomic mass is 32.2. The van der Waals surface area contributed by atoms with Crippen molar-refractivity contribution < 1.29 is 37.0 Å². The first-order valence-corrected chi connectivity index (χ1v) is 11.3. The maximum atomic E-state index is 12.6. The number of ether oxygens (including phenoxy) is 3. The highest BCUT2D eigenvalue weighted by Crippen LogP contribution is 2.17. The van der Waals surface area contributed by atoms with Gasteiger partial charge in [0.1, 0.15) is 11.8 Å². The van der Waals surface area contributed by atoms with Gasteiger partial charge in [0.05, 0.1) is 18.6 Å². The zero-order chi connectivity index (χ0) is 23.4. The largest absolute Gasteiger partial charge is 0.497 e. The predicted molar refractivity (Wildman–Crippen MR) is 112 cm³/mol. The molecule has 0 aliphatic heterocycles. The van der Waals surface area contributed by atoms with Crippen molar-refractivity contribution in [2.45, 2.75) is 44.6 Å². The van der Waals surface area contributed by atoms with Crippen molar-refractivity contribution in [1.29, 1.82) is 0 Å². The summed E-state index contributed by atoms with van der Waals surface area (Å²) in [6, 6.07) is 4.51. The molecule has 1 aromatic carbocycles. The van der Waals surface area contributed by atoms with Crippen LogP contribution in [0, 0.1) is 5.92 Å². The molecule has 174 valence electrons. The van der Waals surface area contributed by atoms with Crippen LogP contribution in [0.5, 0.6) is 5.75 Å². The molecule has 1 amide bonds. The average molecular weight is 459 g/mol. The van der Waals surface area contributed by atoms with Crippen molar-refractivity contribution in [2.75, 3.05) is 26.9 Å². The molecule has 1 rings (SSSR count). The monoisotopic (exact) mass is 458 g/mol. The molecular formula is C20H30N2O8S. The second-order valence-corrected chi connectivity index (χ2v) is 8.60. The molecule has 0 radical (unpaired) electrons. The van der Waals surface area contributed by atoms with E-state index < -0.39 is 40.5 Å². The molecule has 2 N–H and O–H groups in total. The smallest absolute Gasteiger partial charge is 0.324 e. The Hall–Kier alpha value is -2.66. The van der Waals surface area contributed by atoms with Gasteiger partial charge in [-0.1, -0.05) is 13.8 Å². The molecule has 31 heavy (non-hydrogen) atoms. The molecule has 0 bridgehead atoms. The molecule has 0 aliphatic carbocycles. The molecule has 1 atom stereocenters. The Kier molecular flexibility index (Phi) is 11.0. The van der Waals surface area contributed by atoms with Crippen molar-refractivity contribution >= 4 is 27.9 Å². The zero-order valence-corrected chi connectivity index (χ0v) is 19.0. The fraction of sp³-hybridized carbons (Fsp3) is 0.550. The minimum Gasteiger partial charge on any atom is -0.497 e. The van der Waals surface area contributed by atoms with E-state index in [0.29, 0.717) is 18.8 Å². The molecule has 1 aromatic rings. The van der Waals surface area contributed by atoms with Crippen LogP contribution in [0.2, 0.25) is 0 Å². The van der Waals surface area contributed by atoms with Crippen LogP contribution in [0.25, 0.3) is 0 Å². The van der Waals surface area contributed by atoms with Crippen LogP contribution in [0.15, 0.2) is 29.2 Å². The van der Waals surface area contributed by atoms with E-state index in [-0.39, 0.29) is 23.8 Å². The Morgan fingerprint density at radius 1 is 1.06 bits per heavy atom. The maximum Gasteiger partial charge on any atom is 0.324 e. The molecule has 10 nitrogen and oxygen atoms in total. The minimum absolute atomic E-state index is 0.0360. The van der Waals surface area contributed by atoms with E-state index in [4.69, 9.17) is 14.2 Å². The van der Waals surface area contributed by atoms with E-state index in [1.54, 1.807) is 20.8 Å². The zero-order valence-electron chi connectivity index (χ0n) is 18.2. The molecule has 0 fully saturated rings. The summed E-state index contributed by atoms with van der Waals surface area (Å²) in [6.07, 6.45) is 0.547. The minimum atomic E-state index is -3.99. The van der Waals surface area contributed by atoms with Gasteiger partial charge in [0.25, 0.3) is 5.91 Å². The Morgan fingerprint density at radius 3 is 2.26 bits per heavy atom. The molecule has 0 heterocycles. The van der Waals surface area contributed by atoms with E-state index in [1.165, 1.54) is 31.4 Å². The van der Waals surface area contributed by atoms with Gasteiger partial charge in [0.2, 0.25) is 10.0 Å². The van der Waals surface area contributed by atoms with Crippen LogP contribution in [0.3, 0.4) is 0 Å². The fourth-order valence-corrected chi connectivity index (χ4v) is 3.75. The molecule has 11 heteroatoms. The number of methoxy groups -OCH3 is 1. The molecule has 1 unspecified atom stereocenters. The van der Waals surface area contributed by atoms with Gasteiger partial charge in [-0.15, -0.1) is 0 Å². The van der Waals surface area contributed by atoms with Crippen LogP contribution < -0.4 is 14.8 Å². The van der Waals surface area contributed by atoms with Gasteiger partial charge >= 0.3 is 11.9 Å². The SMILES string of the molecule is CCOC(=O)CCCNC(=O)COC(=O)C(NS(=O)(=O)c1ccc(OC)cc1)C(C)C. The Morgan fingerprint density at radius 2 is 1.71 bits per heavy atom. The first-order chi connectivity index (χ1) is 14.6. The second-order valence-electron chi connectivity index (χ2n) is 6.88. The normalized spacial score (nSPS) is 12.2. The summed E-state index contributed by atoms with van der Waals surface area (Å²) in [5.74, 6) is -1.71. The summed E-state index contributed by atoms with van der Waals surface area (Å²) in [7, 11) is -2.53. The summed E-state index contributed by atoms with van der Waals surface area (Å²) in [4.78, 5) is 35.4. The third-order valence-electron chi connectivity index (χ3n) is 4.10. The maximum absolute atomic E-state index is 12.6. The standard InChI is InChI=1S/C20H30N2O8S/c1-5-29-18(24)7-6-12-21-17(23)13-30-20(25)19(14(2)3)22-31(26,27)16-10-8-15(28-4)9-11-16/h8-11,14,19,22H,5-7,12-13H2,1-4H3,(H,21,23). The number of sulfonamides is 1. The van der Waals surface area contributed by atoms with Gasteiger partial charge in [-0.3, -0.25) is 14.4 Å². The Bertz CT molecular complexity index is 837. The van der Waals surface area contributed by atoms with E-state index in [0.717, 1.165) is 0 Å². The lowest BCUT2D eigenvalue weighted by atomic mass is 10.1. The summed E-state index contributed by atoms with van der Waals surface area (Å²) in [5, 5.41) is 2.51. The van der Waals surface area contributed by atoms with E-state index in [2.05, 4.69) is 10.0 Å². The van der Waals surface area contributed by atoms with Crippen molar-refractivity contribution in [2.24, 2.45) is 5.92 Å². The van der Waals surface area contributed by atoms with Crippen molar-refractivity contribution in [3.8, 4) is 5.75 Å². The van der Waals surface area contributed by atoms with Gasteiger partial charge in [-0.25, -0.2) is 8.42 Å². The van der Waals surface area contributed by atoms with Crippen LogP contribution in [-0.2, 0) is 33.9 Å². The number of nitrogens with one attached hydrogen (secondary N) is 2. The number of carbonyl (C=O) groups excluding carboxylic acids is 3. The number of carbonyl (C=O) groups is 3. The molecule has 0 aromatic heterocycles. The predicted octanol–water partition coefficient (Wildman–Crippen LogP) is 1.00. The number of esters is 2. The second kappa shape index (κ2) is 12.9. The number of amides is 1. The van der Waals surface area contributed by atoms with Crippen LogP contribution >= 0.6 is 0 Å². The van der Waals surface area contributed by atoms with Crippen LogP contribution in [0.1, 0.15) is 33.6 Å². The van der Waals surface area contributed by atoms with Crippen molar-refractivity contribution in [3.05, 3.63) is 24.3 Å². The number of hydrogen-bond acceptors (Lipinski definition) is 8. The first-order valence-electron chi connectivity index (χ1n) is 9.86. The summed E-state index contributed by atoms with van der Waals surface area (Å²) >= 11 is 0.